The van der Waals surface area contributed by atoms with Crippen LogP contribution in [0.2, 0.25) is 0 Å². The molecule has 2 saturated heterocycles. The Morgan fingerprint density at radius 1 is 1.30 bits per heavy atom. The number of hydrogen-bond acceptors (Lipinski definition) is 4. The lowest BCUT2D eigenvalue weighted by atomic mass is 10.0. The van der Waals surface area contributed by atoms with E-state index >= 15 is 0 Å². The third kappa shape index (κ3) is 6.07. The molecule has 2 aliphatic rings. The number of rotatable bonds is 4. The summed E-state index contributed by atoms with van der Waals surface area (Å²) in [6, 6.07) is 1.10. The normalized spacial score (nSPS) is 30.3. The molecule has 0 aliphatic carbocycles. The second-order valence-corrected chi connectivity index (χ2v) is 9.59. The fraction of sp³-hybridized carbons (Fsp3) is 0.941. The minimum absolute atomic E-state index is 0.180. The fourth-order valence-electron chi connectivity index (χ4n) is 3.48. The van der Waals surface area contributed by atoms with Gasteiger partial charge in [0.2, 0.25) is 0 Å². The number of nitrogens with one attached hydrogen (secondary N) is 1. The lowest BCUT2D eigenvalue weighted by Crippen LogP contribution is -2.45. The van der Waals surface area contributed by atoms with Crippen molar-refractivity contribution in [2.24, 2.45) is 0 Å². The van der Waals surface area contributed by atoms with Crippen molar-refractivity contribution in [2.75, 3.05) is 18.1 Å². The summed E-state index contributed by atoms with van der Waals surface area (Å²) in [5.41, 5.74) is -0.439. The van der Waals surface area contributed by atoms with E-state index in [-0.39, 0.29) is 12.1 Å². The Hall–Kier alpha value is -0.620. The zero-order valence-corrected chi connectivity index (χ0v) is 15.8. The van der Waals surface area contributed by atoms with Crippen molar-refractivity contribution in [3.8, 4) is 0 Å². The Bertz CT molecular complexity index is 426. The number of carbonyl (C=O) groups excluding carboxylic acids is 1. The molecule has 0 radical (unpaired) electrons. The van der Waals surface area contributed by atoms with Crippen molar-refractivity contribution in [1.29, 1.82) is 0 Å². The summed E-state index contributed by atoms with van der Waals surface area (Å²) >= 11 is 0. The van der Waals surface area contributed by atoms with Crippen LogP contribution in [-0.4, -0.2) is 57.0 Å². The average Bonchev–Trinajstić information content (AvgIpc) is 2.87. The molecular weight excluding hydrogens is 312 g/mol. The van der Waals surface area contributed by atoms with Crippen molar-refractivity contribution >= 4 is 16.9 Å². The highest BCUT2D eigenvalue weighted by Gasteiger charge is 2.33. The van der Waals surface area contributed by atoms with E-state index < -0.39 is 16.4 Å². The Labute approximate surface area is 143 Å². The van der Waals surface area contributed by atoms with Crippen molar-refractivity contribution < 1.29 is 13.7 Å². The molecule has 1 amide bonds. The van der Waals surface area contributed by atoms with Crippen molar-refractivity contribution in [3.05, 3.63) is 0 Å². The van der Waals surface area contributed by atoms with Crippen LogP contribution in [0, 0.1) is 0 Å². The molecule has 2 fully saturated rings. The quantitative estimate of drug-likeness (QED) is 0.852. The Kier molecular flexibility index (Phi) is 6.48. The molecule has 0 saturated carbocycles. The smallest absolute Gasteiger partial charge is 0.410 e. The van der Waals surface area contributed by atoms with Crippen molar-refractivity contribution in [1.82, 2.24) is 10.2 Å². The molecule has 2 aliphatic heterocycles. The Morgan fingerprint density at radius 3 is 2.57 bits per heavy atom. The van der Waals surface area contributed by atoms with Gasteiger partial charge in [-0.2, -0.15) is 0 Å². The molecule has 2 heterocycles. The van der Waals surface area contributed by atoms with E-state index in [0.29, 0.717) is 12.1 Å². The van der Waals surface area contributed by atoms with Gasteiger partial charge >= 0.3 is 6.09 Å². The van der Waals surface area contributed by atoms with Gasteiger partial charge in [-0.15, -0.1) is 0 Å². The summed E-state index contributed by atoms with van der Waals surface area (Å²) in [5, 5.41) is 3.66. The monoisotopic (exact) mass is 344 g/mol. The minimum Gasteiger partial charge on any atom is -0.444 e. The number of carbonyl (C=O) groups is 1. The van der Waals surface area contributed by atoms with E-state index in [2.05, 4.69) is 12.2 Å². The molecule has 1 N–H and O–H groups in total. The van der Waals surface area contributed by atoms with Gasteiger partial charge in [-0.05, 0) is 59.8 Å². The van der Waals surface area contributed by atoms with Gasteiger partial charge in [0.25, 0.3) is 0 Å². The molecule has 0 spiro atoms. The van der Waals surface area contributed by atoms with Crippen LogP contribution in [0.1, 0.15) is 59.8 Å². The first-order valence-corrected chi connectivity index (χ1v) is 10.3. The molecule has 2 unspecified atom stereocenters. The third-order valence-corrected chi connectivity index (χ3v) is 5.92. The molecule has 6 heteroatoms. The molecule has 2 atom stereocenters. The molecular formula is C17H32N2O3S. The van der Waals surface area contributed by atoms with Crippen LogP contribution in [0.5, 0.6) is 0 Å². The first-order chi connectivity index (χ1) is 10.7. The highest BCUT2D eigenvalue weighted by Crippen LogP contribution is 2.24. The molecule has 134 valence electrons. The molecule has 0 aromatic heterocycles. The summed E-state index contributed by atoms with van der Waals surface area (Å²) in [7, 11) is -0.611. The molecule has 23 heavy (non-hydrogen) atoms. The van der Waals surface area contributed by atoms with Gasteiger partial charge in [-0.1, -0.05) is 0 Å². The predicted octanol–water partition coefficient (Wildman–Crippen LogP) is 2.67. The summed E-state index contributed by atoms with van der Waals surface area (Å²) in [4.78, 5) is 14.2. The second kappa shape index (κ2) is 7.97. The fourth-order valence-corrected chi connectivity index (χ4v) is 4.78. The van der Waals surface area contributed by atoms with Crippen molar-refractivity contribution in [3.63, 3.8) is 0 Å². The minimum atomic E-state index is -0.611. The average molecular weight is 345 g/mol. The highest BCUT2D eigenvalue weighted by molar-refractivity contribution is 7.85. The third-order valence-electron chi connectivity index (χ3n) is 4.54. The number of nitrogens with zero attached hydrogens (tertiary/aromatic N) is 1. The van der Waals surface area contributed by atoms with Crippen LogP contribution in [0.4, 0.5) is 4.79 Å². The molecule has 0 aromatic carbocycles. The van der Waals surface area contributed by atoms with E-state index in [1.165, 1.54) is 0 Å². The van der Waals surface area contributed by atoms with E-state index in [9.17, 15) is 9.00 Å². The standard InChI is InChI=1S/C17H32N2O3S/c1-13(18-14-7-10-23(21)11-8-14)12-15-6-5-9-19(15)16(20)22-17(2,3)4/h13-15,18H,5-12H2,1-4H3. The summed E-state index contributed by atoms with van der Waals surface area (Å²) in [6.07, 6.45) is 4.88. The van der Waals surface area contributed by atoms with Gasteiger partial charge in [-0.25, -0.2) is 4.79 Å². The maximum Gasteiger partial charge on any atom is 0.410 e. The SMILES string of the molecule is CC(CC1CCCN1C(=O)OC(C)(C)C)NC1CCS(=O)CC1. The van der Waals surface area contributed by atoms with Crippen molar-refractivity contribution in [2.45, 2.75) is 83.5 Å². The number of likely N-dealkylation sites (tertiary alicyclic amines) is 1. The second-order valence-electron chi connectivity index (χ2n) is 7.90. The largest absolute Gasteiger partial charge is 0.444 e. The van der Waals surface area contributed by atoms with Gasteiger partial charge in [0.15, 0.2) is 0 Å². The molecule has 5 nitrogen and oxygen atoms in total. The topological polar surface area (TPSA) is 58.6 Å². The first-order valence-electron chi connectivity index (χ1n) is 8.85. The number of ether oxygens (including phenoxy) is 1. The van der Waals surface area contributed by atoms with Crippen LogP contribution in [0.25, 0.3) is 0 Å². The van der Waals surface area contributed by atoms with Gasteiger partial charge in [0, 0.05) is 47.0 Å². The van der Waals surface area contributed by atoms with Crippen LogP contribution < -0.4 is 5.32 Å². The predicted molar refractivity (Wildman–Crippen MR) is 94.1 cm³/mol. The van der Waals surface area contributed by atoms with Gasteiger partial charge in [0.1, 0.15) is 5.60 Å². The van der Waals surface area contributed by atoms with Gasteiger partial charge < -0.3 is 15.0 Å². The molecule has 0 aromatic rings. The van der Waals surface area contributed by atoms with E-state index in [1.807, 2.05) is 25.7 Å². The van der Waals surface area contributed by atoms with Crippen LogP contribution in [0.15, 0.2) is 0 Å². The van der Waals surface area contributed by atoms with Gasteiger partial charge in [0.05, 0.1) is 0 Å². The summed E-state index contributed by atoms with van der Waals surface area (Å²) in [5.74, 6) is 1.63. The van der Waals surface area contributed by atoms with E-state index in [0.717, 1.165) is 50.2 Å². The number of amides is 1. The first kappa shape index (κ1) is 18.7. The molecule has 0 bridgehead atoms. The summed E-state index contributed by atoms with van der Waals surface area (Å²) < 4.78 is 17.0. The maximum absolute atomic E-state index is 12.3. The highest BCUT2D eigenvalue weighted by atomic mass is 32.2. The lowest BCUT2D eigenvalue weighted by molar-refractivity contribution is 0.0214. The van der Waals surface area contributed by atoms with Gasteiger partial charge in [-0.3, -0.25) is 4.21 Å². The van der Waals surface area contributed by atoms with Crippen LogP contribution in [0.3, 0.4) is 0 Å². The zero-order valence-electron chi connectivity index (χ0n) is 15.0. The summed E-state index contributed by atoms with van der Waals surface area (Å²) in [6.45, 7) is 8.72. The Balaban J connectivity index is 1.81. The lowest BCUT2D eigenvalue weighted by Gasteiger charge is -2.32. The van der Waals surface area contributed by atoms with Crippen LogP contribution in [-0.2, 0) is 15.5 Å². The van der Waals surface area contributed by atoms with E-state index in [4.69, 9.17) is 4.74 Å². The Morgan fingerprint density at radius 2 is 1.96 bits per heavy atom. The number of hydrogen-bond donors (Lipinski definition) is 1. The zero-order chi connectivity index (χ0) is 17.0. The molecule has 2 rings (SSSR count). The van der Waals surface area contributed by atoms with Crippen LogP contribution >= 0.6 is 0 Å². The van der Waals surface area contributed by atoms with E-state index in [1.54, 1.807) is 0 Å². The maximum atomic E-state index is 12.3.